The summed E-state index contributed by atoms with van der Waals surface area (Å²) in [6, 6.07) is 0. The molecule has 0 aliphatic rings. The smallest absolute Gasteiger partial charge is 0.438 e. The first kappa shape index (κ1) is 12.6. The van der Waals surface area contributed by atoms with Crippen molar-refractivity contribution in [1.29, 1.82) is 0 Å². The number of hydrogen-bond acceptors (Lipinski definition) is 3. The van der Waals surface area contributed by atoms with Gasteiger partial charge in [0.15, 0.2) is 6.10 Å². The van der Waals surface area contributed by atoms with E-state index in [0.29, 0.717) is 6.42 Å². The molecule has 0 amide bonds. The first-order valence-electron chi connectivity index (χ1n) is 4.44. The molecule has 0 N–H and O–H groups in total. The van der Waals surface area contributed by atoms with Crippen molar-refractivity contribution in [2.45, 2.75) is 32.8 Å². The molecule has 0 aromatic carbocycles. The van der Waals surface area contributed by atoms with Gasteiger partial charge >= 0.3 is 6.16 Å². The zero-order valence-electron chi connectivity index (χ0n) is 8.87. The van der Waals surface area contributed by atoms with E-state index in [9.17, 15) is 4.79 Å². The van der Waals surface area contributed by atoms with Crippen LogP contribution in [0.2, 0.25) is 0 Å². The minimum absolute atomic E-state index is 0.502. The van der Waals surface area contributed by atoms with Crippen LogP contribution in [0.15, 0.2) is 11.6 Å². The second kappa shape index (κ2) is 7.02. The van der Waals surface area contributed by atoms with Gasteiger partial charge in [0.1, 0.15) is 0 Å². The fraction of sp³-hybridized carbons (Fsp3) is 0.545. The molecule has 0 saturated carbocycles. The van der Waals surface area contributed by atoms with E-state index in [4.69, 9.17) is 11.2 Å². The lowest BCUT2D eigenvalue weighted by Crippen LogP contribution is -2.16. The predicted molar refractivity (Wildman–Crippen MR) is 54.8 cm³/mol. The number of methoxy groups -OCH3 is 1. The van der Waals surface area contributed by atoms with Crippen LogP contribution in [-0.2, 0) is 9.47 Å². The molecule has 78 valence electrons. The zero-order valence-corrected chi connectivity index (χ0v) is 8.87. The Hall–Kier alpha value is -1.43. The van der Waals surface area contributed by atoms with Crippen molar-refractivity contribution < 1.29 is 14.3 Å². The number of terminal acetylenes is 1. The SMILES string of the molecule is C#CC(CCC=C(C)C)OC(=O)OC. The standard InChI is InChI=1S/C11H16O3/c1-5-10(14-11(12)13-4)8-6-7-9(2)3/h1,7,10H,6,8H2,2-4H3. The zero-order chi connectivity index (χ0) is 11.0. The van der Waals surface area contributed by atoms with Crippen LogP contribution >= 0.6 is 0 Å². The van der Waals surface area contributed by atoms with Gasteiger partial charge in [0.2, 0.25) is 0 Å². The van der Waals surface area contributed by atoms with Gasteiger partial charge < -0.3 is 9.47 Å². The first-order chi connectivity index (χ1) is 6.60. The van der Waals surface area contributed by atoms with Crippen LogP contribution in [0.4, 0.5) is 4.79 Å². The summed E-state index contributed by atoms with van der Waals surface area (Å²) in [7, 11) is 1.26. The fourth-order valence-electron chi connectivity index (χ4n) is 0.864. The van der Waals surface area contributed by atoms with Crippen molar-refractivity contribution in [3.63, 3.8) is 0 Å². The molecule has 0 aliphatic carbocycles. The van der Waals surface area contributed by atoms with Crippen LogP contribution in [0.3, 0.4) is 0 Å². The van der Waals surface area contributed by atoms with Gasteiger partial charge in [-0.25, -0.2) is 4.79 Å². The molecule has 0 heterocycles. The van der Waals surface area contributed by atoms with Gasteiger partial charge in [-0.05, 0) is 26.7 Å². The van der Waals surface area contributed by atoms with Gasteiger partial charge in [0.25, 0.3) is 0 Å². The normalized spacial score (nSPS) is 11.0. The highest BCUT2D eigenvalue weighted by atomic mass is 16.7. The summed E-state index contributed by atoms with van der Waals surface area (Å²) in [5, 5.41) is 0. The fourth-order valence-corrected chi connectivity index (χ4v) is 0.864. The monoisotopic (exact) mass is 196 g/mol. The van der Waals surface area contributed by atoms with Gasteiger partial charge in [-0.1, -0.05) is 17.6 Å². The predicted octanol–water partition coefficient (Wildman–Crippen LogP) is 2.52. The third kappa shape index (κ3) is 6.13. The third-order valence-corrected chi connectivity index (χ3v) is 1.57. The molecule has 0 spiro atoms. The Kier molecular flexibility index (Phi) is 6.30. The summed E-state index contributed by atoms with van der Waals surface area (Å²) in [6.07, 6.45) is 7.42. The molecule has 0 aromatic heterocycles. The molecule has 3 nitrogen and oxygen atoms in total. The summed E-state index contributed by atoms with van der Waals surface area (Å²) in [4.78, 5) is 10.7. The van der Waals surface area contributed by atoms with Crippen LogP contribution in [-0.4, -0.2) is 19.4 Å². The Labute approximate surface area is 85.1 Å². The maximum atomic E-state index is 10.7. The quantitative estimate of drug-likeness (QED) is 0.393. The Bertz CT molecular complexity index is 244. The molecule has 0 aliphatic heterocycles. The van der Waals surface area contributed by atoms with E-state index >= 15 is 0 Å². The highest BCUT2D eigenvalue weighted by Gasteiger charge is 2.10. The van der Waals surface area contributed by atoms with Crippen molar-refractivity contribution in [1.82, 2.24) is 0 Å². The van der Waals surface area contributed by atoms with Crippen molar-refractivity contribution in [2.24, 2.45) is 0 Å². The van der Waals surface area contributed by atoms with E-state index < -0.39 is 12.3 Å². The molecule has 1 atom stereocenters. The minimum atomic E-state index is -0.731. The Balaban J connectivity index is 3.88. The lowest BCUT2D eigenvalue weighted by molar-refractivity contribution is 0.0532. The van der Waals surface area contributed by atoms with Crippen molar-refractivity contribution in [3.8, 4) is 12.3 Å². The second-order valence-corrected chi connectivity index (χ2v) is 3.09. The number of ether oxygens (including phenoxy) is 2. The third-order valence-electron chi connectivity index (χ3n) is 1.57. The van der Waals surface area contributed by atoms with Crippen molar-refractivity contribution in [3.05, 3.63) is 11.6 Å². The Morgan fingerprint density at radius 3 is 2.64 bits per heavy atom. The summed E-state index contributed by atoms with van der Waals surface area (Å²) in [5.41, 5.74) is 1.22. The maximum Gasteiger partial charge on any atom is 0.509 e. The summed E-state index contributed by atoms with van der Waals surface area (Å²) < 4.78 is 9.14. The topological polar surface area (TPSA) is 35.5 Å². The summed E-state index contributed by atoms with van der Waals surface area (Å²) in [6.45, 7) is 4.01. The van der Waals surface area contributed by atoms with Gasteiger partial charge in [0.05, 0.1) is 7.11 Å². The van der Waals surface area contributed by atoms with Gasteiger partial charge in [-0.2, -0.15) is 0 Å². The number of allylic oxidation sites excluding steroid dienone is 2. The van der Waals surface area contributed by atoms with Crippen LogP contribution in [0.5, 0.6) is 0 Å². The highest BCUT2D eigenvalue weighted by molar-refractivity contribution is 5.60. The minimum Gasteiger partial charge on any atom is -0.438 e. The average molecular weight is 196 g/mol. The number of rotatable bonds is 4. The van der Waals surface area contributed by atoms with E-state index in [-0.39, 0.29) is 0 Å². The number of hydrogen-bond donors (Lipinski definition) is 0. The molecule has 1 unspecified atom stereocenters. The van der Waals surface area contributed by atoms with Crippen LogP contribution in [0, 0.1) is 12.3 Å². The highest BCUT2D eigenvalue weighted by Crippen LogP contribution is 2.05. The molecule has 0 radical (unpaired) electrons. The van der Waals surface area contributed by atoms with E-state index in [2.05, 4.69) is 10.7 Å². The van der Waals surface area contributed by atoms with Gasteiger partial charge in [-0.3, -0.25) is 0 Å². The molecule has 3 heteroatoms. The lowest BCUT2D eigenvalue weighted by Gasteiger charge is -2.09. The van der Waals surface area contributed by atoms with Crippen LogP contribution < -0.4 is 0 Å². The van der Waals surface area contributed by atoms with Gasteiger partial charge in [0, 0.05) is 0 Å². The largest absolute Gasteiger partial charge is 0.509 e. The molecular formula is C11H16O3. The number of carbonyl (C=O) groups is 1. The second-order valence-electron chi connectivity index (χ2n) is 3.09. The molecule has 0 bridgehead atoms. The Morgan fingerprint density at radius 1 is 1.57 bits per heavy atom. The van der Waals surface area contributed by atoms with E-state index in [1.807, 2.05) is 19.9 Å². The number of carbonyl (C=O) groups excluding carboxylic acids is 1. The Morgan fingerprint density at radius 2 is 2.21 bits per heavy atom. The lowest BCUT2D eigenvalue weighted by atomic mass is 10.1. The van der Waals surface area contributed by atoms with Crippen molar-refractivity contribution in [2.75, 3.05) is 7.11 Å². The van der Waals surface area contributed by atoms with Crippen LogP contribution in [0.25, 0.3) is 0 Å². The van der Waals surface area contributed by atoms with Gasteiger partial charge in [-0.15, -0.1) is 6.42 Å². The van der Waals surface area contributed by atoms with E-state index in [1.165, 1.54) is 12.7 Å². The molecule has 0 saturated heterocycles. The molecule has 0 fully saturated rings. The summed E-state index contributed by atoms with van der Waals surface area (Å²) >= 11 is 0. The molecular weight excluding hydrogens is 180 g/mol. The molecule has 14 heavy (non-hydrogen) atoms. The molecule has 0 rings (SSSR count). The average Bonchev–Trinajstić information content (AvgIpc) is 2.15. The van der Waals surface area contributed by atoms with E-state index in [0.717, 1.165) is 6.42 Å². The maximum absolute atomic E-state index is 10.7. The van der Waals surface area contributed by atoms with Crippen molar-refractivity contribution >= 4 is 6.16 Å². The van der Waals surface area contributed by atoms with E-state index in [1.54, 1.807) is 0 Å². The van der Waals surface area contributed by atoms with Crippen LogP contribution in [0.1, 0.15) is 26.7 Å². The summed E-state index contributed by atoms with van der Waals surface area (Å²) in [5.74, 6) is 2.39. The first-order valence-corrected chi connectivity index (χ1v) is 4.44. The molecule has 0 aromatic rings.